The van der Waals surface area contributed by atoms with E-state index in [1.165, 1.54) is 23.9 Å². The van der Waals surface area contributed by atoms with Crippen LogP contribution in [0.3, 0.4) is 0 Å². The number of anilines is 2. The fraction of sp³-hybridized carbons (Fsp3) is 0.154. The van der Waals surface area contributed by atoms with Gasteiger partial charge in [-0.3, -0.25) is 18.6 Å². The molecule has 0 radical (unpaired) electrons. The van der Waals surface area contributed by atoms with Crippen LogP contribution < -0.4 is 19.9 Å². The average Bonchev–Trinajstić information content (AvgIpc) is 3.11. The van der Waals surface area contributed by atoms with Gasteiger partial charge in [0.15, 0.2) is 0 Å². The number of carbonyl (C=O) groups is 1. The van der Waals surface area contributed by atoms with Gasteiger partial charge in [-0.2, -0.15) is 0 Å². The number of aromatic nitrogens is 2. The smallest absolute Gasteiger partial charge is 0.295 e. The third-order valence-electron chi connectivity index (χ3n) is 5.79. The maximum absolute atomic E-state index is 13.6. The first-order valence-corrected chi connectivity index (χ1v) is 12.5. The van der Waals surface area contributed by atoms with Crippen LogP contribution in [0.1, 0.15) is 5.69 Å². The van der Waals surface area contributed by atoms with Gasteiger partial charge in [0.25, 0.3) is 15.6 Å². The predicted octanol–water partition coefficient (Wildman–Crippen LogP) is 3.33. The molecule has 0 aliphatic carbocycles. The fourth-order valence-corrected chi connectivity index (χ4v) is 5.33. The number of benzene rings is 3. The molecule has 0 unspecified atom stereocenters. The van der Waals surface area contributed by atoms with Crippen molar-refractivity contribution in [3.8, 4) is 11.4 Å². The lowest BCUT2D eigenvalue weighted by molar-refractivity contribution is -0.114. The van der Waals surface area contributed by atoms with Gasteiger partial charge < -0.3 is 10.1 Å². The lowest BCUT2D eigenvalue weighted by Gasteiger charge is -2.25. The zero-order valence-electron chi connectivity index (χ0n) is 20.1. The van der Waals surface area contributed by atoms with Crippen LogP contribution in [0.2, 0.25) is 0 Å². The molecule has 1 aromatic heterocycles. The van der Waals surface area contributed by atoms with Gasteiger partial charge in [-0.05, 0) is 43.3 Å². The zero-order valence-corrected chi connectivity index (χ0v) is 20.9. The number of para-hydroxylation sites is 3. The molecule has 1 amide bonds. The van der Waals surface area contributed by atoms with Crippen molar-refractivity contribution < 1.29 is 17.9 Å². The summed E-state index contributed by atoms with van der Waals surface area (Å²) in [5.41, 5.74) is 1.00. The summed E-state index contributed by atoms with van der Waals surface area (Å²) >= 11 is 0. The Kier molecular flexibility index (Phi) is 6.98. The van der Waals surface area contributed by atoms with Crippen molar-refractivity contribution in [3.63, 3.8) is 0 Å². The molecule has 4 rings (SSSR count). The van der Waals surface area contributed by atoms with Gasteiger partial charge in [0.1, 0.15) is 18.0 Å². The minimum Gasteiger partial charge on any atom is -0.495 e. The maximum Gasteiger partial charge on any atom is 0.295 e. The highest BCUT2D eigenvalue weighted by molar-refractivity contribution is 7.92. The quantitative estimate of drug-likeness (QED) is 0.395. The number of hydrogen-bond donors (Lipinski definition) is 1. The molecular formula is C26H26N4O5S. The number of hydrogen-bond acceptors (Lipinski definition) is 5. The van der Waals surface area contributed by atoms with E-state index in [-0.39, 0.29) is 22.0 Å². The molecule has 0 fully saturated rings. The van der Waals surface area contributed by atoms with Crippen LogP contribution in [0.15, 0.2) is 94.6 Å². The SMILES string of the molecule is COc1ccccc1N(CC(=O)Nc1c(C)n(C)n(-c2ccccc2)c1=O)S(=O)(=O)c1ccccc1. The topological polar surface area (TPSA) is 103 Å². The molecule has 0 bridgehead atoms. The fourth-order valence-electron chi connectivity index (χ4n) is 3.88. The Morgan fingerprint density at radius 1 is 0.944 bits per heavy atom. The minimum absolute atomic E-state index is 0.0195. The number of amides is 1. The average molecular weight is 507 g/mol. The highest BCUT2D eigenvalue weighted by Crippen LogP contribution is 2.32. The van der Waals surface area contributed by atoms with E-state index < -0.39 is 28.0 Å². The van der Waals surface area contributed by atoms with Crippen molar-refractivity contribution in [2.75, 3.05) is 23.3 Å². The predicted molar refractivity (Wildman–Crippen MR) is 138 cm³/mol. The van der Waals surface area contributed by atoms with E-state index in [9.17, 15) is 18.0 Å². The Morgan fingerprint density at radius 3 is 2.17 bits per heavy atom. The van der Waals surface area contributed by atoms with Crippen molar-refractivity contribution in [2.45, 2.75) is 11.8 Å². The number of carbonyl (C=O) groups excluding carboxylic acids is 1. The van der Waals surface area contributed by atoms with Gasteiger partial charge in [-0.25, -0.2) is 13.1 Å². The summed E-state index contributed by atoms with van der Waals surface area (Å²) in [6.07, 6.45) is 0. The van der Waals surface area contributed by atoms with Gasteiger partial charge in [0, 0.05) is 7.05 Å². The second-order valence-corrected chi connectivity index (χ2v) is 9.84. The second-order valence-electron chi connectivity index (χ2n) is 7.98. The first kappa shape index (κ1) is 24.8. The zero-order chi connectivity index (χ0) is 25.9. The van der Waals surface area contributed by atoms with Crippen LogP contribution >= 0.6 is 0 Å². The Labute approximate surface area is 209 Å². The summed E-state index contributed by atoms with van der Waals surface area (Å²) in [7, 11) is -1.01. The summed E-state index contributed by atoms with van der Waals surface area (Å²) in [5, 5.41) is 2.63. The molecule has 186 valence electrons. The monoisotopic (exact) mass is 506 g/mol. The lowest BCUT2D eigenvalue weighted by Crippen LogP contribution is -2.39. The van der Waals surface area contributed by atoms with Crippen LogP contribution in [0.5, 0.6) is 5.75 Å². The van der Waals surface area contributed by atoms with Crippen LogP contribution in [0.4, 0.5) is 11.4 Å². The van der Waals surface area contributed by atoms with Crippen molar-refractivity contribution in [2.24, 2.45) is 7.05 Å². The summed E-state index contributed by atoms with van der Waals surface area (Å²) in [4.78, 5) is 26.4. The Hall–Kier alpha value is -4.31. The van der Waals surface area contributed by atoms with Crippen LogP contribution in [0.25, 0.3) is 5.69 Å². The number of nitrogens with one attached hydrogen (secondary N) is 1. The molecule has 1 heterocycles. The number of methoxy groups -OCH3 is 1. The molecule has 1 N–H and O–H groups in total. The second kappa shape index (κ2) is 10.1. The molecule has 0 saturated carbocycles. The first-order valence-electron chi connectivity index (χ1n) is 11.1. The van der Waals surface area contributed by atoms with Gasteiger partial charge >= 0.3 is 0 Å². The number of ether oxygens (including phenoxy) is 1. The van der Waals surface area contributed by atoms with E-state index >= 15 is 0 Å². The van der Waals surface area contributed by atoms with Gasteiger partial charge in [0.05, 0.1) is 29.1 Å². The van der Waals surface area contributed by atoms with Gasteiger partial charge in [-0.15, -0.1) is 0 Å². The van der Waals surface area contributed by atoms with E-state index in [0.29, 0.717) is 11.4 Å². The molecule has 0 atom stereocenters. The Bertz CT molecular complexity index is 1540. The van der Waals surface area contributed by atoms with Crippen molar-refractivity contribution in [1.82, 2.24) is 9.36 Å². The highest BCUT2D eigenvalue weighted by Gasteiger charge is 2.30. The van der Waals surface area contributed by atoms with Crippen molar-refractivity contribution in [1.29, 1.82) is 0 Å². The molecule has 0 spiro atoms. The summed E-state index contributed by atoms with van der Waals surface area (Å²) in [6, 6.07) is 23.4. The van der Waals surface area contributed by atoms with Gasteiger partial charge in [0.2, 0.25) is 5.91 Å². The van der Waals surface area contributed by atoms with E-state index in [1.54, 1.807) is 73.3 Å². The third kappa shape index (κ3) is 4.63. The third-order valence-corrected chi connectivity index (χ3v) is 7.56. The molecule has 4 aromatic rings. The Morgan fingerprint density at radius 2 is 1.53 bits per heavy atom. The maximum atomic E-state index is 13.6. The van der Waals surface area contributed by atoms with E-state index in [2.05, 4.69) is 5.32 Å². The normalized spacial score (nSPS) is 11.2. The molecule has 0 saturated heterocycles. The molecule has 3 aromatic carbocycles. The molecular weight excluding hydrogens is 480 g/mol. The summed E-state index contributed by atoms with van der Waals surface area (Å²) in [6.45, 7) is 1.13. The lowest BCUT2D eigenvalue weighted by atomic mass is 10.3. The van der Waals surface area contributed by atoms with Crippen molar-refractivity contribution in [3.05, 3.63) is 101 Å². The highest BCUT2D eigenvalue weighted by atomic mass is 32.2. The first-order chi connectivity index (χ1) is 17.3. The van der Waals surface area contributed by atoms with Crippen LogP contribution in [-0.2, 0) is 21.9 Å². The molecule has 9 nitrogen and oxygen atoms in total. The molecule has 36 heavy (non-hydrogen) atoms. The minimum atomic E-state index is -4.14. The summed E-state index contributed by atoms with van der Waals surface area (Å²) in [5.74, 6) is -0.390. The number of sulfonamides is 1. The van der Waals surface area contributed by atoms with Crippen LogP contribution in [0, 0.1) is 6.92 Å². The van der Waals surface area contributed by atoms with Gasteiger partial charge in [-0.1, -0.05) is 48.5 Å². The largest absolute Gasteiger partial charge is 0.495 e. The van der Waals surface area contributed by atoms with E-state index in [4.69, 9.17) is 4.74 Å². The number of rotatable bonds is 8. The van der Waals surface area contributed by atoms with E-state index in [1.807, 2.05) is 18.2 Å². The van der Waals surface area contributed by atoms with Crippen LogP contribution in [-0.4, -0.2) is 37.3 Å². The molecule has 0 aliphatic rings. The number of nitrogens with zero attached hydrogens (tertiary/aromatic N) is 3. The molecule has 0 aliphatic heterocycles. The van der Waals surface area contributed by atoms with E-state index in [0.717, 1.165) is 4.31 Å². The van der Waals surface area contributed by atoms with Crippen molar-refractivity contribution >= 4 is 27.3 Å². The Balaban J connectivity index is 1.72. The summed E-state index contributed by atoms with van der Waals surface area (Å²) < 4.78 is 36.6. The molecule has 10 heteroatoms. The standard InChI is InChI=1S/C26H26N4O5S/c1-19-25(26(32)30(28(19)2)20-12-6-4-7-13-20)27-24(31)18-29(22-16-10-11-17-23(22)35-3)36(33,34)21-14-8-5-9-15-21/h4-17H,18H2,1-3H3,(H,27,31).